The van der Waals surface area contributed by atoms with E-state index in [9.17, 15) is 8.42 Å². The van der Waals surface area contributed by atoms with Crippen LogP contribution >= 0.6 is 0 Å². The molecule has 0 aliphatic heterocycles. The van der Waals surface area contributed by atoms with E-state index in [4.69, 9.17) is 5.73 Å². The Bertz CT molecular complexity index is 473. The molecule has 1 heterocycles. The molecule has 0 aromatic carbocycles. The summed E-state index contributed by atoms with van der Waals surface area (Å²) in [6.07, 6.45) is 2.90. The molecular weight excluding hydrogens is 240 g/mol. The predicted molar refractivity (Wildman–Crippen MR) is 65.8 cm³/mol. The zero-order chi connectivity index (χ0) is 13.3. The van der Waals surface area contributed by atoms with E-state index in [1.807, 2.05) is 20.8 Å². The Kier molecular flexibility index (Phi) is 3.95. The van der Waals surface area contributed by atoms with Gasteiger partial charge in [-0.25, -0.2) is 18.1 Å². The first-order chi connectivity index (χ1) is 7.66. The van der Waals surface area contributed by atoms with Crippen molar-refractivity contribution in [2.45, 2.75) is 31.8 Å². The third-order valence-corrected chi connectivity index (χ3v) is 3.89. The molecule has 0 saturated heterocycles. The fraction of sp³-hybridized carbons (Fsp3) is 0.700. The highest BCUT2D eigenvalue weighted by molar-refractivity contribution is 7.89. The average Bonchev–Trinajstić information content (AvgIpc) is 2.60. The summed E-state index contributed by atoms with van der Waals surface area (Å²) in [6.45, 7) is 6.05. The van der Waals surface area contributed by atoms with Crippen molar-refractivity contribution in [3.63, 3.8) is 0 Å². The lowest BCUT2D eigenvalue weighted by Crippen LogP contribution is -2.48. The second-order valence-corrected chi connectivity index (χ2v) is 6.81. The number of nitrogens with zero attached hydrogens (tertiary/aromatic N) is 2. The number of hydrogen-bond acceptors (Lipinski definition) is 4. The lowest BCUT2D eigenvalue weighted by Gasteiger charge is -2.29. The van der Waals surface area contributed by atoms with Crippen molar-refractivity contribution in [3.05, 3.63) is 12.5 Å². The van der Waals surface area contributed by atoms with E-state index >= 15 is 0 Å². The first-order valence-electron chi connectivity index (χ1n) is 5.37. The molecular formula is C10H20N4O2S. The topological polar surface area (TPSA) is 90.0 Å². The molecule has 98 valence electrons. The van der Waals surface area contributed by atoms with Gasteiger partial charge in [0.25, 0.3) is 10.0 Å². The Morgan fingerprint density at radius 3 is 2.47 bits per heavy atom. The van der Waals surface area contributed by atoms with Gasteiger partial charge in [0.15, 0.2) is 5.03 Å². The number of hydrogen-bond donors (Lipinski definition) is 2. The fourth-order valence-electron chi connectivity index (χ4n) is 1.35. The molecule has 0 saturated carbocycles. The van der Waals surface area contributed by atoms with Crippen LogP contribution in [0.25, 0.3) is 0 Å². The lowest BCUT2D eigenvalue weighted by atomic mass is 9.88. The standard InChI is InChI=1S/C10H20N4O2S/c1-10(2,3)8(5-11)13-17(15,16)9-6-14(4)7-12-9/h6-8,13H,5,11H2,1-4H3. The third-order valence-electron chi connectivity index (χ3n) is 2.54. The van der Waals surface area contributed by atoms with Gasteiger partial charge in [-0.05, 0) is 5.41 Å². The van der Waals surface area contributed by atoms with E-state index in [2.05, 4.69) is 9.71 Å². The largest absolute Gasteiger partial charge is 0.339 e. The Hall–Kier alpha value is -0.920. The fourth-order valence-corrected chi connectivity index (χ4v) is 2.79. The minimum absolute atomic E-state index is 0.0164. The molecule has 1 atom stereocenters. The maximum Gasteiger partial charge on any atom is 0.259 e. The van der Waals surface area contributed by atoms with E-state index in [-0.39, 0.29) is 23.0 Å². The van der Waals surface area contributed by atoms with Gasteiger partial charge in [-0.2, -0.15) is 0 Å². The van der Waals surface area contributed by atoms with E-state index in [0.717, 1.165) is 0 Å². The van der Waals surface area contributed by atoms with Crippen LogP contribution in [0.4, 0.5) is 0 Å². The van der Waals surface area contributed by atoms with Crippen LogP contribution in [0.2, 0.25) is 0 Å². The van der Waals surface area contributed by atoms with E-state index in [0.29, 0.717) is 0 Å². The zero-order valence-electron chi connectivity index (χ0n) is 10.6. The molecule has 6 nitrogen and oxygen atoms in total. The summed E-state index contributed by atoms with van der Waals surface area (Å²) in [5, 5.41) is 0.0164. The molecule has 0 amide bonds. The first-order valence-corrected chi connectivity index (χ1v) is 6.85. The highest BCUT2D eigenvalue weighted by atomic mass is 32.2. The number of aromatic nitrogens is 2. The minimum atomic E-state index is -3.60. The van der Waals surface area contributed by atoms with Gasteiger partial charge in [-0.1, -0.05) is 20.8 Å². The number of rotatable bonds is 4. The summed E-state index contributed by atoms with van der Waals surface area (Å²) in [4.78, 5) is 3.83. The van der Waals surface area contributed by atoms with Crippen molar-refractivity contribution < 1.29 is 8.42 Å². The summed E-state index contributed by atoms with van der Waals surface area (Å²) >= 11 is 0. The minimum Gasteiger partial charge on any atom is -0.339 e. The zero-order valence-corrected chi connectivity index (χ0v) is 11.5. The summed E-state index contributed by atoms with van der Waals surface area (Å²) in [7, 11) is -1.88. The van der Waals surface area contributed by atoms with Crippen LogP contribution < -0.4 is 10.5 Å². The number of sulfonamides is 1. The first kappa shape index (κ1) is 14.1. The molecule has 1 aromatic heterocycles. The van der Waals surface area contributed by atoms with Crippen molar-refractivity contribution in [2.75, 3.05) is 6.54 Å². The normalized spacial score (nSPS) is 14.9. The molecule has 7 heteroatoms. The van der Waals surface area contributed by atoms with Gasteiger partial charge >= 0.3 is 0 Å². The van der Waals surface area contributed by atoms with Gasteiger partial charge in [-0.15, -0.1) is 0 Å². The second kappa shape index (κ2) is 4.75. The summed E-state index contributed by atoms with van der Waals surface area (Å²) in [5.41, 5.74) is 5.36. The average molecular weight is 260 g/mol. The Labute approximate surface area is 102 Å². The van der Waals surface area contributed by atoms with Crippen molar-refractivity contribution >= 4 is 10.0 Å². The molecule has 1 aromatic rings. The molecule has 0 radical (unpaired) electrons. The van der Waals surface area contributed by atoms with Crippen molar-refractivity contribution in [1.82, 2.24) is 14.3 Å². The van der Waals surface area contributed by atoms with Crippen LogP contribution in [0.15, 0.2) is 17.6 Å². The van der Waals surface area contributed by atoms with E-state index < -0.39 is 10.0 Å². The van der Waals surface area contributed by atoms with Gasteiger partial charge in [-0.3, -0.25) is 0 Å². The van der Waals surface area contributed by atoms with Crippen molar-refractivity contribution in [3.8, 4) is 0 Å². The number of nitrogens with one attached hydrogen (secondary N) is 1. The molecule has 0 spiro atoms. The predicted octanol–water partition coefficient (Wildman–Crippen LogP) is 0.0718. The summed E-state index contributed by atoms with van der Waals surface area (Å²) < 4.78 is 28.2. The van der Waals surface area contributed by atoms with Crippen molar-refractivity contribution in [2.24, 2.45) is 18.2 Å². The lowest BCUT2D eigenvalue weighted by molar-refractivity contribution is 0.304. The maximum absolute atomic E-state index is 12.0. The van der Waals surface area contributed by atoms with Crippen LogP contribution in [-0.4, -0.2) is 30.6 Å². The molecule has 1 unspecified atom stereocenters. The quantitative estimate of drug-likeness (QED) is 0.801. The summed E-state index contributed by atoms with van der Waals surface area (Å²) in [5.74, 6) is 0. The highest BCUT2D eigenvalue weighted by Gasteiger charge is 2.29. The molecule has 1 rings (SSSR count). The Morgan fingerprint density at radius 1 is 1.53 bits per heavy atom. The molecule has 0 bridgehead atoms. The molecule has 17 heavy (non-hydrogen) atoms. The van der Waals surface area contributed by atoms with Crippen LogP contribution in [0, 0.1) is 5.41 Å². The third kappa shape index (κ3) is 3.52. The molecule has 0 fully saturated rings. The van der Waals surface area contributed by atoms with E-state index in [1.54, 1.807) is 11.6 Å². The van der Waals surface area contributed by atoms with Gasteiger partial charge in [0.1, 0.15) is 0 Å². The monoisotopic (exact) mass is 260 g/mol. The van der Waals surface area contributed by atoms with Gasteiger partial charge in [0.2, 0.25) is 0 Å². The van der Waals surface area contributed by atoms with Crippen LogP contribution in [0.5, 0.6) is 0 Å². The number of nitrogens with two attached hydrogens (primary N) is 1. The SMILES string of the molecule is Cn1cnc(S(=O)(=O)NC(CN)C(C)(C)C)c1. The smallest absolute Gasteiger partial charge is 0.259 e. The molecule has 0 aliphatic rings. The van der Waals surface area contributed by atoms with Gasteiger partial charge in [0, 0.05) is 25.8 Å². The highest BCUT2D eigenvalue weighted by Crippen LogP contribution is 2.20. The summed E-state index contributed by atoms with van der Waals surface area (Å²) in [6, 6.07) is -0.325. The second-order valence-electron chi connectivity index (χ2n) is 5.15. The van der Waals surface area contributed by atoms with Crippen LogP contribution in [-0.2, 0) is 17.1 Å². The Morgan fingerprint density at radius 2 is 2.12 bits per heavy atom. The van der Waals surface area contributed by atoms with Gasteiger partial charge < -0.3 is 10.3 Å². The van der Waals surface area contributed by atoms with E-state index in [1.165, 1.54) is 12.5 Å². The van der Waals surface area contributed by atoms with Crippen molar-refractivity contribution in [1.29, 1.82) is 0 Å². The van der Waals surface area contributed by atoms with Gasteiger partial charge in [0.05, 0.1) is 6.33 Å². The van der Waals surface area contributed by atoms with Crippen LogP contribution in [0.3, 0.4) is 0 Å². The number of imidazole rings is 1. The molecule has 0 aliphatic carbocycles. The Balaban J connectivity index is 2.94. The maximum atomic E-state index is 12.0. The molecule has 3 N–H and O–H groups in total. The number of aryl methyl sites for hydroxylation is 1. The van der Waals surface area contributed by atoms with Crippen LogP contribution in [0.1, 0.15) is 20.8 Å².